The quantitative estimate of drug-likeness (QED) is 0.584. The van der Waals surface area contributed by atoms with Crippen LogP contribution in [-0.4, -0.2) is 19.1 Å². The molecule has 0 bridgehead atoms. The predicted octanol–water partition coefficient (Wildman–Crippen LogP) is 4.25. The lowest BCUT2D eigenvalue weighted by molar-refractivity contribution is 0.146. The van der Waals surface area contributed by atoms with E-state index in [-0.39, 0.29) is 17.6 Å². The van der Waals surface area contributed by atoms with Crippen LogP contribution in [-0.2, 0) is 0 Å². The van der Waals surface area contributed by atoms with Crippen LogP contribution < -0.4 is 5.73 Å². The first-order chi connectivity index (χ1) is 11.9. The van der Waals surface area contributed by atoms with Crippen LogP contribution in [0.5, 0.6) is 0 Å². The van der Waals surface area contributed by atoms with Crippen molar-refractivity contribution in [2.24, 2.45) is 0 Å². The molecule has 0 saturated heterocycles. The lowest BCUT2D eigenvalue weighted by atomic mass is 9.70. The molecule has 0 aliphatic heterocycles. The normalized spacial score (nSPS) is 16.2. The molecular formula is C21H29BFNO. The Morgan fingerprint density at radius 3 is 2.40 bits per heavy atom. The Balaban J connectivity index is 2.65. The van der Waals surface area contributed by atoms with Gasteiger partial charge in [0.2, 0.25) is 0 Å². The van der Waals surface area contributed by atoms with E-state index < -0.39 is 6.10 Å². The number of rotatable bonds is 7. The van der Waals surface area contributed by atoms with Gasteiger partial charge >= 0.3 is 0 Å². The zero-order chi connectivity index (χ0) is 18.6. The van der Waals surface area contributed by atoms with Crippen molar-refractivity contribution < 1.29 is 9.50 Å². The van der Waals surface area contributed by atoms with Crippen molar-refractivity contribution in [3.8, 4) is 0 Å². The minimum Gasteiger partial charge on any atom is -0.399 e. The van der Waals surface area contributed by atoms with Crippen LogP contribution in [0, 0.1) is 5.82 Å². The molecule has 2 aromatic rings. The van der Waals surface area contributed by atoms with Crippen molar-refractivity contribution >= 4 is 13.5 Å². The van der Waals surface area contributed by atoms with Gasteiger partial charge in [-0.3, -0.25) is 0 Å². The first-order valence-corrected chi connectivity index (χ1v) is 9.21. The molecule has 2 aromatic carbocycles. The zero-order valence-electron chi connectivity index (χ0n) is 15.7. The molecule has 4 unspecified atom stereocenters. The van der Waals surface area contributed by atoms with Gasteiger partial charge in [-0.05, 0) is 59.1 Å². The van der Waals surface area contributed by atoms with Crippen molar-refractivity contribution in [1.82, 2.24) is 0 Å². The van der Waals surface area contributed by atoms with E-state index in [4.69, 9.17) is 5.73 Å². The summed E-state index contributed by atoms with van der Waals surface area (Å²) in [5, 5.41) is 11.1. The minimum atomic E-state index is -0.601. The van der Waals surface area contributed by atoms with Crippen LogP contribution >= 0.6 is 0 Å². The van der Waals surface area contributed by atoms with E-state index >= 15 is 0 Å². The fourth-order valence-corrected chi connectivity index (χ4v) is 3.37. The standard InChI is InChI=1S/C21H29BFNO/c1-4-13(3)17-10-9-15(23)12-18(17)20(21(25)19(22)5-2)14-7-6-8-16(24)11-14/h6-13,19-21,25H,4-5,22,24H2,1-3H3. The predicted molar refractivity (Wildman–Crippen MR) is 106 cm³/mol. The van der Waals surface area contributed by atoms with Crippen molar-refractivity contribution in [3.63, 3.8) is 0 Å². The molecule has 3 N–H and O–H groups in total. The number of hydrogen-bond donors (Lipinski definition) is 2. The molecule has 0 amide bonds. The number of halogens is 1. The fraction of sp³-hybridized carbons (Fsp3) is 0.429. The molecule has 2 nitrogen and oxygen atoms in total. The summed E-state index contributed by atoms with van der Waals surface area (Å²) in [5.74, 6) is -0.173. The number of aliphatic hydroxyl groups excluding tert-OH is 1. The highest BCUT2D eigenvalue weighted by atomic mass is 19.1. The average Bonchev–Trinajstić information content (AvgIpc) is 2.60. The van der Waals surface area contributed by atoms with Crippen LogP contribution in [0.4, 0.5) is 10.1 Å². The Morgan fingerprint density at radius 2 is 1.80 bits per heavy atom. The van der Waals surface area contributed by atoms with E-state index in [1.54, 1.807) is 6.07 Å². The summed E-state index contributed by atoms with van der Waals surface area (Å²) in [6.45, 7) is 6.33. The molecule has 0 heterocycles. The van der Waals surface area contributed by atoms with Crippen LogP contribution in [0.2, 0.25) is 5.82 Å². The fourth-order valence-electron chi connectivity index (χ4n) is 3.37. The van der Waals surface area contributed by atoms with Crippen molar-refractivity contribution in [2.45, 2.75) is 57.4 Å². The largest absolute Gasteiger partial charge is 0.399 e. The van der Waals surface area contributed by atoms with E-state index in [1.807, 2.05) is 38.2 Å². The van der Waals surface area contributed by atoms with Gasteiger partial charge < -0.3 is 10.8 Å². The number of benzene rings is 2. The van der Waals surface area contributed by atoms with Gasteiger partial charge in [0.05, 0.1) is 6.10 Å². The topological polar surface area (TPSA) is 46.2 Å². The van der Waals surface area contributed by atoms with Crippen LogP contribution in [0.25, 0.3) is 0 Å². The molecule has 0 saturated carbocycles. The first kappa shape index (κ1) is 19.5. The summed E-state index contributed by atoms with van der Waals surface area (Å²) in [7, 11) is 2.03. The van der Waals surface area contributed by atoms with Gasteiger partial charge in [0.15, 0.2) is 0 Å². The molecule has 0 fully saturated rings. The molecule has 4 heteroatoms. The summed E-state index contributed by atoms with van der Waals surface area (Å²) in [5.41, 5.74) is 9.53. The second-order valence-electron chi connectivity index (χ2n) is 7.11. The van der Waals surface area contributed by atoms with E-state index in [0.717, 1.165) is 29.5 Å². The highest BCUT2D eigenvalue weighted by Gasteiger charge is 2.30. The number of nitrogens with two attached hydrogens (primary N) is 1. The van der Waals surface area contributed by atoms with Gasteiger partial charge in [-0.1, -0.05) is 45.4 Å². The van der Waals surface area contributed by atoms with Gasteiger partial charge in [-0.15, -0.1) is 0 Å². The lowest BCUT2D eigenvalue weighted by Gasteiger charge is -2.31. The average molecular weight is 341 g/mol. The smallest absolute Gasteiger partial charge is 0.123 e. The third-order valence-electron chi connectivity index (χ3n) is 5.37. The maximum atomic E-state index is 14.1. The van der Waals surface area contributed by atoms with E-state index in [9.17, 15) is 9.50 Å². The van der Waals surface area contributed by atoms with Crippen LogP contribution in [0.3, 0.4) is 0 Å². The van der Waals surface area contributed by atoms with E-state index in [0.29, 0.717) is 11.6 Å². The number of anilines is 1. The van der Waals surface area contributed by atoms with Crippen LogP contribution in [0.1, 0.15) is 62.1 Å². The van der Waals surface area contributed by atoms with Gasteiger partial charge in [-0.2, -0.15) is 0 Å². The molecular weight excluding hydrogens is 312 g/mol. The van der Waals surface area contributed by atoms with Crippen molar-refractivity contribution in [1.29, 1.82) is 0 Å². The summed E-state index contributed by atoms with van der Waals surface area (Å²) in [6, 6.07) is 12.5. The first-order valence-electron chi connectivity index (χ1n) is 9.21. The molecule has 0 aliphatic carbocycles. The second-order valence-corrected chi connectivity index (χ2v) is 7.11. The van der Waals surface area contributed by atoms with Crippen molar-refractivity contribution in [2.75, 3.05) is 5.73 Å². The maximum Gasteiger partial charge on any atom is 0.123 e. The maximum absolute atomic E-state index is 14.1. The summed E-state index contributed by atoms with van der Waals surface area (Å²) < 4.78 is 14.1. The highest BCUT2D eigenvalue weighted by Crippen LogP contribution is 2.39. The number of aliphatic hydroxyl groups is 1. The monoisotopic (exact) mass is 341 g/mol. The minimum absolute atomic E-state index is 0.0967. The molecule has 4 atom stereocenters. The number of nitrogen functional groups attached to an aromatic ring is 1. The van der Waals surface area contributed by atoms with Crippen LogP contribution in [0.15, 0.2) is 42.5 Å². The SMILES string of the molecule is BC(CC)C(O)C(c1cccc(N)c1)c1cc(F)ccc1C(C)CC. The van der Waals surface area contributed by atoms with Gasteiger partial charge in [0, 0.05) is 11.6 Å². The summed E-state index contributed by atoms with van der Waals surface area (Å²) in [4.78, 5) is 0. The highest BCUT2D eigenvalue weighted by molar-refractivity contribution is 6.12. The van der Waals surface area contributed by atoms with E-state index in [1.165, 1.54) is 6.07 Å². The third-order valence-corrected chi connectivity index (χ3v) is 5.37. The summed E-state index contributed by atoms with van der Waals surface area (Å²) >= 11 is 0. The zero-order valence-corrected chi connectivity index (χ0v) is 15.7. The Morgan fingerprint density at radius 1 is 1.08 bits per heavy atom. The van der Waals surface area contributed by atoms with Gasteiger partial charge in [0.1, 0.15) is 13.7 Å². The number of hydrogen-bond acceptors (Lipinski definition) is 2. The molecule has 25 heavy (non-hydrogen) atoms. The Kier molecular flexibility index (Phi) is 6.66. The Bertz CT molecular complexity index is 706. The Hall–Kier alpha value is -1.81. The lowest BCUT2D eigenvalue weighted by Crippen LogP contribution is -2.26. The molecule has 2 rings (SSSR count). The van der Waals surface area contributed by atoms with Crippen molar-refractivity contribution in [3.05, 3.63) is 65.0 Å². The van der Waals surface area contributed by atoms with Gasteiger partial charge in [-0.25, -0.2) is 4.39 Å². The Labute approximate surface area is 151 Å². The molecule has 0 spiro atoms. The molecule has 0 aliphatic rings. The molecule has 0 aromatic heterocycles. The molecule has 0 radical (unpaired) electrons. The van der Waals surface area contributed by atoms with Gasteiger partial charge in [0.25, 0.3) is 0 Å². The second kappa shape index (κ2) is 8.53. The third kappa shape index (κ3) is 4.43. The summed E-state index contributed by atoms with van der Waals surface area (Å²) in [6.07, 6.45) is 1.21. The molecule has 134 valence electrons. The van der Waals surface area contributed by atoms with E-state index in [2.05, 4.69) is 20.8 Å².